The van der Waals surface area contributed by atoms with Gasteiger partial charge in [-0.15, -0.1) is 0 Å². The molecular weight excluding hydrogens is 2040 g/mol. The molecule has 9 saturated heterocycles. The molecule has 0 aliphatic carbocycles. The molecule has 0 aromatic heterocycles. The van der Waals surface area contributed by atoms with Crippen LogP contribution in [0.3, 0.4) is 0 Å². The topological polar surface area (TPSA) is 938 Å². The number of aliphatic hydroxyl groups is 17. The van der Waals surface area contributed by atoms with Crippen LogP contribution in [0, 0.1) is 0 Å². The first-order chi connectivity index (χ1) is 70.4. The Labute approximate surface area is 863 Å². The van der Waals surface area contributed by atoms with Gasteiger partial charge in [-0.1, -0.05) is 0 Å². The molecule has 0 spiro atoms. The Bertz CT molecular complexity index is 3890. The smallest absolute Gasteiger partial charge is 0.547 e. The predicted molar refractivity (Wildman–Crippen MR) is 459 cm³/mol. The van der Waals surface area contributed by atoms with Crippen LogP contribution in [0.15, 0.2) is 0 Å². The van der Waals surface area contributed by atoms with E-state index >= 15 is 0 Å². The number of carbonyl (C=O) groups is 14. The Morgan fingerprint density at radius 3 is 0.932 bits per heavy atom. The van der Waals surface area contributed by atoms with E-state index in [1.165, 1.54) is 56.9 Å². The molecule has 0 radical (unpaired) electrons. The first kappa shape index (κ1) is 134. The standard InChI is InChI=1S/C18H30N2O12.C16H25NO12.C16H27NO12.C16H25NO12.C16H27NO11.Na/c1-28-14-11(25)12(26)18(32-15(14)16(27)20-4-6-22)31-13-9(19-3-5-21)17(29-2)30-8(7-23)10(13)24;1-24-13-10(22)11(23)15(29-16(13)26-6-20)28-12-8(17-3-4-18)14(25-2)27-7(5-19)9(12)21;1-25-12-9(21)10(22)16(29-13(12)14(23)24)28-11-7(17-3-4-18)15(26-2)27-6(5-19)8(11)20;1-25-9(6-20)13(15(23)24)28-10(7-21)29-14-11(17-3-4-18)16(26-2)27-8(5-19)12(14)22;1-24-13-8(6-20)27-16(12(23)11(13)22)28-14-9(17-3-4-18)15(25-2)26-7(5-19)10(14)21;/h5-6,8-15,17-19,23-26H,3-4,7H2,1-2H3,(H,20,27);4-17,21-23H,3H2,1-2H3;4,6-13,15-17,19-22H,3,5H2,1-2H3,(H,23,24);4,6-14,16-17,19,22H,3,5H2,1-2H3,(H,23,24);4,6-17,19,21-23H,3,5H2,1-2H3;/q;;;;;+1/p-1. The van der Waals surface area contributed by atoms with Crippen molar-refractivity contribution in [1.29, 1.82) is 0 Å². The third-order valence-corrected chi connectivity index (χ3v) is 23.7. The van der Waals surface area contributed by atoms with Gasteiger partial charge in [0.25, 0.3) is 12.4 Å². The zero-order valence-electron chi connectivity index (χ0n) is 81.4. The quantitative estimate of drug-likeness (QED) is 0.0153. The Balaban J connectivity index is 0.000000385. The van der Waals surface area contributed by atoms with Gasteiger partial charge in [0.2, 0.25) is 12.6 Å². The van der Waals surface area contributed by atoms with Crippen molar-refractivity contribution in [2.24, 2.45) is 0 Å². The normalized spacial score (nSPS) is 39.7. The van der Waals surface area contributed by atoms with E-state index in [0.717, 1.165) is 14.2 Å². The number of carboxylic acid groups (broad SMARTS) is 2. The van der Waals surface area contributed by atoms with E-state index in [1.807, 2.05) is 0 Å². The summed E-state index contributed by atoms with van der Waals surface area (Å²) in [4.78, 5) is 155. The van der Waals surface area contributed by atoms with Crippen LogP contribution in [-0.2, 0) is 190 Å². The van der Waals surface area contributed by atoms with Crippen LogP contribution in [0.1, 0.15) is 0 Å². The third-order valence-electron chi connectivity index (χ3n) is 23.7. The van der Waals surface area contributed by atoms with E-state index in [4.69, 9.17) is 118 Å². The molecule has 846 valence electrons. The van der Waals surface area contributed by atoms with E-state index in [2.05, 4.69) is 36.6 Å². The Hall–Kier alpha value is -6.30. The molecule has 9 heterocycles. The molecule has 0 bridgehead atoms. The molecule has 0 aromatic rings. The number of aliphatic hydroxyl groups excluding tert-OH is 17. The molecule has 24 N–H and O–H groups in total. The van der Waals surface area contributed by atoms with Gasteiger partial charge in [0.1, 0.15) is 221 Å². The number of carbonyl (C=O) groups excluding carboxylic acids is 13. The van der Waals surface area contributed by atoms with Crippen molar-refractivity contribution in [3.05, 3.63) is 0 Å². The number of carboxylic acids is 2. The Kier molecular flexibility index (Phi) is 62.3. The number of aldehydes is 10. The predicted octanol–water partition coefficient (Wildman–Crippen LogP) is -25.1. The van der Waals surface area contributed by atoms with Crippen molar-refractivity contribution in [3.63, 3.8) is 0 Å². The van der Waals surface area contributed by atoms with Crippen LogP contribution >= 0.6 is 0 Å². The summed E-state index contributed by atoms with van der Waals surface area (Å²) in [5.41, 5.74) is 0. The van der Waals surface area contributed by atoms with E-state index in [1.54, 1.807) is 0 Å². The maximum Gasteiger partial charge on any atom is 1.00 e. The first-order valence-electron chi connectivity index (χ1n) is 44.7. The maximum atomic E-state index is 12.4. The van der Waals surface area contributed by atoms with Crippen LogP contribution in [0.25, 0.3) is 0 Å². The summed E-state index contributed by atoms with van der Waals surface area (Å²) < 4.78 is 137. The maximum absolute atomic E-state index is 12.4. The summed E-state index contributed by atoms with van der Waals surface area (Å²) in [5, 5.41) is 210. The monoisotopic (exact) mass is 2170 g/mol. The SMILES string of the molecule is COC(C=O)C(OC(C=O)OC1C(O)C(CO)OC(OC)C1NCC=O)C(=O)[O-].COC1OC(C=O)C(O)C(OC2OC(OC=O)C(OC)C(O)C2O)C1NCC=O.COC1OC(CO)C(O)C(OC2OC(C(=O)NCC=O)C(OC)C(O)C2O)C1NCC=O.COC1OC(CO)C(O)C(OC2OC(C(=O)O)C(OC)C(O)C2O)C1NCC=O.COC1OC(CO)C(O)C(OC2OC(C=O)C(OC)C(O)C2O)C1NCC=O.[Na+]. The molecule has 148 heavy (non-hydrogen) atoms. The average molecular weight is 2170 g/mol. The second-order valence-corrected chi connectivity index (χ2v) is 32.4. The summed E-state index contributed by atoms with van der Waals surface area (Å²) in [5.74, 6) is -4.09. The van der Waals surface area contributed by atoms with Crippen molar-refractivity contribution >= 4 is 87.2 Å². The molecule has 65 nitrogen and oxygen atoms in total. The van der Waals surface area contributed by atoms with Gasteiger partial charge in [0.05, 0.1) is 102 Å². The Morgan fingerprint density at radius 1 is 0.324 bits per heavy atom. The molecule has 48 unspecified atom stereocenters. The minimum absolute atomic E-state index is 0. The van der Waals surface area contributed by atoms with Gasteiger partial charge in [-0.2, -0.15) is 0 Å². The molecule has 0 aromatic carbocycles. The molecular formula is C82H133N6NaO59. The van der Waals surface area contributed by atoms with Gasteiger partial charge in [-0.05, 0) is 0 Å². The number of hydrogen-bond acceptors (Lipinski definition) is 63. The van der Waals surface area contributed by atoms with Crippen LogP contribution in [0.4, 0.5) is 0 Å². The summed E-state index contributed by atoms with van der Waals surface area (Å²) in [7, 11) is 12.3. The third kappa shape index (κ3) is 35.1. The number of ether oxygens (including phenoxy) is 26. The van der Waals surface area contributed by atoms with Crippen LogP contribution < -0.4 is 66.6 Å². The van der Waals surface area contributed by atoms with Crippen LogP contribution in [0.5, 0.6) is 0 Å². The van der Waals surface area contributed by atoms with Gasteiger partial charge in [-0.25, -0.2) is 4.79 Å². The van der Waals surface area contributed by atoms with Crippen molar-refractivity contribution in [2.75, 3.05) is 137 Å². The second kappa shape index (κ2) is 68.9. The zero-order valence-corrected chi connectivity index (χ0v) is 83.4. The number of aliphatic carboxylic acids is 2. The first-order valence-corrected chi connectivity index (χ1v) is 44.7. The number of methoxy groups -OCH3 is 10. The molecule has 9 aliphatic heterocycles. The molecule has 0 saturated carbocycles. The summed E-state index contributed by atoms with van der Waals surface area (Å²) >= 11 is 0. The fourth-order valence-corrected chi connectivity index (χ4v) is 16.4. The van der Waals surface area contributed by atoms with E-state index in [0.29, 0.717) is 50.3 Å². The van der Waals surface area contributed by atoms with Gasteiger partial charge in [0, 0.05) is 71.1 Å². The van der Waals surface area contributed by atoms with E-state index in [9.17, 15) is 164 Å². The summed E-state index contributed by atoms with van der Waals surface area (Å²) in [6, 6.07) is -4.79. The van der Waals surface area contributed by atoms with Crippen LogP contribution in [-0.4, -0.2) is 611 Å². The van der Waals surface area contributed by atoms with Gasteiger partial charge < -0.3 is 300 Å². The second-order valence-electron chi connectivity index (χ2n) is 32.4. The fourth-order valence-electron chi connectivity index (χ4n) is 16.4. The Morgan fingerprint density at radius 2 is 0.628 bits per heavy atom. The minimum atomic E-state index is -1.99. The number of hydrogen-bond donors (Lipinski definition) is 24. The summed E-state index contributed by atoms with van der Waals surface area (Å²) in [6.45, 7) is -3.43. The number of amides is 1. The van der Waals surface area contributed by atoms with Crippen molar-refractivity contribution < 1.29 is 317 Å². The van der Waals surface area contributed by atoms with Gasteiger partial charge in [-0.3, -0.25) is 14.4 Å². The fraction of sp³-hybridized carbons (Fsp3) is 0.829. The molecule has 9 rings (SSSR count). The largest absolute Gasteiger partial charge is 1.00 e. The number of nitrogens with one attached hydrogen (secondary N) is 6. The number of rotatable bonds is 53. The zero-order chi connectivity index (χ0) is 110. The molecule has 48 atom stereocenters. The molecule has 66 heteroatoms. The minimum Gasteiger partial charge on any atom is -0.547 e. The van der Waals surface area contributed by atoms with Crippen molar-refractivity contribution in [1.82, 2.24) is 31.9 Å². The molecule has 9 fully saturated rings. The molecule has 1 amide bonds. The average Bonchev–Trinajstić information content (AvgIpc) is 0.821. The van der Waals surface area contributed by atoms with Crippen molar-refractivity contribution in [2.45, 2.75) is 295 Å². The van der Waals surface area contributed by atoms with E-state index in [-0.39, 0.29) is 87.9 Å². The summed E-state index contributed by atoms with van der Waals surface area (Å²) in [6.07, 6.45) is -56.4. The van der Waals surface area contributed by atoms with Crippen molar-refractivity contribution in [3.8, 4) is 0 Å². The van der Waals surface area contributed by atoms with Gasteiger partial charge in [0.15, 0.2) is 94.0 Å². The van der Waals surface area contributed by atoms with Crippen LogP contribution in [0.2, 0.25) is 0 Å². The molecule has 9 aliphatic rings. The van der Waals surface area contributed by atoms with Gasteiger partial charge >= 0.3 is 35.5 Å². The van der Waals surface area contributed by atoms with E-state index < -0.39 is 339 Å².